The lowest BCUT2D eigenvalue weighted by atomic mass is 10.1. The second kappa shape index (κ2) is 5.23. The highest BCUT2D eigenvalue weighted by atomic mass is 16.5. The number of rotatable bonds is 5. The van der Waals surface area contributed by atoms with Crippen molar-refractivity contribution in [2.45, 2.75) is 38.0 Å². The summed E-state index contributed by atoms with van der Waals surface area (Å²) < 4.78 is 8.31. The van der Waals surface area contributed by atoms with Crippen LogP contribution in [0.2, 0.25) is 0 Å². The number of nitrogens with zero attached hydrogens (tertiary/aromatic N) is 1. The molecular formula is C18H22N2O. The molecule has 1 N–H and O–H groups in total. The van der Waals surface area contributed by atoms with Crippen molar-refractivity contribution in [2.24, 2.45) is 5.92 Å². The minimum absolute atomic E-state index is 0.261. The Kier molecular flexibility index (Phi) is 3.23. The van der Waals surface area contributed by atoms with Gasteiger partial charge in [-0.2, -0.15) is 0 Å². The van der Waals surface area contributed by atoms with Gasteiger partial charge in [-0.3, -0.25) is 0 Å². The maximum Gasteiger partial charge on any atom is 0.123 e. The van der Waals surface area contributed by atoms with E-state index in [-0.39, 0.29) is 6.10 Å². The van der Waals surface area contributed by atoms with Crippen LogP contribution in [0.15, 0.2) is 42.7 Å². The molecule has 2 aromatic rings. The average Bonchev–Trinajstić information content (AvgIpc) is 3.08. The third kappa shape index (κ3) is 2.58. The van der Waals surface area contributed by atoms with Crippen molar-refractivity contribution in [3.05, 3.63) is 53.9 Å². The molecule has 0 radical (unpaired) electrons. The van der Waals surface area contributed by atoms with Crippen LogP contribution in [-0.4, -0.2) is 17.7 Å². The molecule has 2 unspecified atom stereocenters. The van der Waals surface area contributed by atoms with E-state index in [1.807, 2.05) is 6.07 Å². The summed E-state index contributed by atoms with van der Waals surface area (Å²) in [5, 5.41) is 3.46. The molecule has 4 rings (SSSR count). The smallest absolute Gasteiger partial charge is 0.123 e. The van der Waals surface area contributed by atoms with E-state index in [1.165, 1.54) is 24.0 Å². The Hall–Kier alpha value is -1.74. The Morgan fingerprint density at radius 2 is 2.14 bits per heavy atom. The lowest BCUT2D eigenvalue weighted by Crippen LogP contribution is -2.20. The predicted octanol–water partition coefficient (Wildman–Crippen LogP) is 3.16. The summed E-state index contributed by atoms with van der Waals surface area (Å²) >= 11 is 0. The molecule has 1 saturated carbocycles. The van der Waals surface area contributed by atoms with Gasteiger partial charge in [-0.25, -0.2) is 0 Å². The number of ether oxygens (including phenoxy) is 1. The van der Waals surface area contributed by atoms with Crippen LogP contribution in [0.25, 0.3) is 0 Å². The van der Waals surface area contributed by atoms with Crippen LogP contribution >= 0.6 is 0 Å². The normalized spacial score (nSPS) is 21.9. The summed E-state index contributed by atoms with van der Waals surface area (Å²) in [5.41, 5.74) is 2.75. The van der Waals surface area contributed by atoms with Gasteiger partial charge in [0, 0.05) is 24.9 Å². The van der Waals surface area contributed by atoms with E-state index in [0.29, 0.717) is 6.04 Å². The first kappa shape index (κ1) is 13.0. The zero-order valence-corrected chi connectivity index (χ0v) is 12.5. The van der Waals surface area contributed by atoms with Crippen molar-refractivity contribution in [2.75, 3.05) is 7.05 Å². The Balaban J connectivity index is 1.43. The Morgan fingerprint density at radius 3 is 2.90 bits per heavy atom. The first-order valence-corrected chi connectivity index (χ1v) is 7.91. The van der Waals surface area contributed by atoms with Crippen molar-refractivity contribution >= 4 is 0 Å². The van der Waals surface area contributed by atoms with Crippen LogP contribution in [0.3, 0.4) is 0 Å². The molecule has 0 spiro atoms. The summed E-state index contributed by atoms with van der Waals surface area (Å²) in [5.74, 6) is 1.89. The number of hydrogen-bond donors (Lipinski definition) is 1. The second-order valence-electron chi connectivity index (χ2n) is 6.30. The second-order valence-corrected chi connectivity index (χ2v) is 6.30. The van der Waals surface area contributed by atoms with E-state index in [1.54, 1.807) is 0 Å². The van der Waals surface area contributed by atoms with Gasteiger partial charge in [0.15, 0.2) is 0 Å². The highest BCUT2D eigenvalue weighted by Gasteiger charge is 2.31. The van der Waals surface area contributed by atoms with E-state index < -0.39 is 0 Å². The Morgan fingerprint density at radius 1 is 1.29 bits per heavy atom. The third-order valence-corrected chi connectivity index (χ3v) is 4.67. The SMILES string of the molecule is CNC(c1ccn(CC2Cc3ccccc3O2)c1)C1CC1. The van der Waals surface area contributed by atoms with Crippen LogP contribution in [0, 0.1) is 5.92 Å². The molecule has 0 bridgehead atoms. The van der Waals surface area contributed by atoms with Crippen molar-refractivity contribution < 1.29 is 4.74 Å². The molecule has 0 saturated heterocycles. The first-order chi connectivity index (χ1) is 10.3. The standard InChI is InChI=1S/C18H22N2O/c1-19-18(13-6-7-13)15-8-9-20(11-15)12-16-10-14-4-2-3-5-17(14)21-16/h2-5,8-9,11,13,16,18-19H,6-7,10,12H2,1H3. The molecule has 1 aromatic carbocycles. The van der Waals surface area contributed by atoms with Gasteiger partial charge in [-0.1, -0.05) is 18.2 Å². The summed E-state index contributed by atoms with van der Waals surface area (Å²) in [6, 6.07) is 11.1. The van der Waals surface area contributed by atoms with Crippen molar-refractivity contribution in [3.8, 4) is 5.75 Å². The molecular weight excluding hydrogens is 260 g/mol. The van der Waals surface area contributed by atoms with Crippen LogP contribution < -0.4 is 10.1 Å². The lowest BCUT2D eigenvalue weighted by Gasteiger charge is -2.14. The van der Waals surface area contributed by atoms with E-state index >= 15 is 0 Å². The first-order valence-electron chi connectivity index (χ1n) is 7.91. The topological polar surface area (TPSA) is 26.2 Å². The maximum atomic E-state index is 6.03. The van der Waals surface area contributed by atoms with Gasteiger partial charge < -0.3 is 14.6 Å². The predicted molar refractivity (Wildman–Crippen MR) is 83.5 cm³/mol. The quantitative estimate of drug-likeness (QED) is 0.911. The van der Waals surface area contributed by atoms with Gasteiger partial charge in [-0.05, 0) is 49.1 Å². The van der Waals surface area contributed by atoms with Crippen molar-refractivity contribution in [1.82, 2.24) is 9.88 Å². The lowest BCUT2D eigenvalue weighted by molar-refractivity contribution is 0.209. The van der Waals surface area contributed by atoms with Gasteiger partial charge in [0.25, 0.3) is 0 Å². The monoisotopic (exact) mass is 282 g/mol. The van der Waals surface area contributed by atoms with Crippen molar-refractivity contribution in [3.63, 3.8) is 0 Å². The maximum absolute atomic E-state index is 6.03. The number of para-hydroxylation sites is 1. The molecule has 3 nitrogen and oxygen atoms in total. The molecule has 2 heterocycles. The molecule has 1 aromatic heterocycles. The molecule has 2 atom stereocenters. The number of hydrogen-bond acceptors (Lipinski definition) is 2. The summed E-state index contributed by atoms with van der Waals surface area (Å²) in [4.78, 5) is 0. The number of fused-ring (bicyclic) bond motifs is 1. The van der Waals surface area contributed by atoms with Gasteiger partial charge in [0.1, 0.15) is 11.9 Å². The molecule has 2 aliphatic rings. The molecule has 1 aliphatic carbocycles. The fourth-order valence-electron chi connectivity index (χ4n) is 3.45. The summed E-state index contributed by atoms with van der Waals surface area (Å²) in [7, 11) is 2.07. The molecule has 0 amide bonds. The minimum atomic E-state index is 0.261. The van der Waals surface area contributed by atoms with Gasteiger partial charge in [0.2, 0.25) is 0 Å². The Bertz CT molecular complexity index is 605. The zero-order valence-electron chi connectivity index (χ0n) is 12.5. The van der Waals surface area contributed by atoms with Crippen molar-refractivity contribution in [1.29, 1.82) is 0 Å². The molecule has 3 heteroatoms. The van der Waals surface area contributed by atoms with Gasteiger partial charge in [-0.15, -0.1) is 0 Å². The van der Waals surface area contributed by atoms with E-state index in [4.69, 9.17) is 4.74 Å². The summed E-state index contributed by atoms with van der Waals surface area (Å²) in [6.07, 6.45) is 8.47. The van der Waals surface area contributed by atoms with Crippen LogP contribution in [0.1, 0.15) is 30.0 Å². The number of nitrogens with one attached hydrogen (secondary N) is 1. The average molecular weight is 282 g/mol. The number of benzene rings is 1. The van der Waals surface area contributed by atoms with Crippen LogP contribution in [0.5, 0.6) is 5.75 Å². The largest absolute Gasteiger partial charge is 0.488 e. The third-order valence-electron chi connectivity index (χ3n) is 4.67. The van der Waals surface area contributed by atoms with E-state index in [0.717, 1.165) is 24.6 Å². The fourth-order valence-corrected chi connectivity index (χ4v) is 3.45. The van der Waals surface area contributed by atoms with E-state index in [9.17, 15) is 0 Å². The zero-order chi connectivity index (χ0) is 14.2. The molecule has 1 fully saturated rings. The number of aromatic nitrogens is 1. The van der Waals surface area contributed by atoms with Crippen LogP contribution in [-0.2, 0) is 13.0 Å². The Labute approximate surface area is 125 Å². The van der Waals surface area contributed by atoms with Gasteiger partial charge >= 0.3 is 0 Å². The van der Waals surface area contributed by atoms with E-state index in [2.05, 4.69) is 53.6 Å². The summed E-state index contributed by atoms with van der Waals surface area (Å²) in [6.45, 7) is 0.926. The molecule has 1 aliphatic heterocycles. The molecule has 21 heavy (non-hydrogen) atoms. The highest BCUT2D eigenvalue weighted by molar-refractivity contribution is 5.37. The minimum Gasteiger partial charge on any atom is -0.488 e. The molecule has 110 valence electrons. The highest BCUT2D eigenvalue weighted by Crippen LogP contribution is 2.40. The van der Waals surface area contributed by atoms with Crippen LogP contribution in [0.4, 0.5) is 0 Å². The fraction of sp³-hybridized carbons (Fsp3) is 0.444. The van der Waals surface area contributed by atoms with Gasteiger partial charge in [0.05, 0.1) is 6.54 Å².